The summed E-state index contributed by atoms with van der Waals surface area (Å²) in [5.41, 5.74) is 0.829. The smallest absolute Gasteiger partial charge is 0.410 e. The summed E-state index contributed by atoms with van der Waals surface area (Å²) in [5.74, 6) is 1.13. The summed E-state index contributed by atoms with van der Waals surface area (Å²) in [4.78, 5) is 16.1. The van der Waals surface area contributed by atoms with Crippen molar-refractivity contribution in [2.45, 2.75) is 32.1 Å². The minimum absolute atomic E-state index is 0.379. The van der Waals surface area contributed by atoms with Crippen LogP contribution in [0.5, 0.6) is 5.75 Å². The van der Waals surface area contributed by atoms with Crippen LogP contribution in [-0.2, 0) is 0 Å². The third-order valence-electron chi connectivity index (χ3n) is 4.05. The molecular formula is C17H20N2O2. The molecule has 4 heteroatoms. The van der Waals surface area contributed by atoms with Gasteiger partial charge in [-0.1, -0.05) is 25.3 Å². The second kappa shape index (κ2) is 6.57. The Kier molecular flexibility index (Phi) is 4.34. The number of pyridine rings is 1. The summed E-state index contributed by atoms with van der Waals surface area (Å²) in [6.07, 6.45) is 7.65. The average molecular weight is 284 g/mol. The Balaban J connectivity index is 1.55. The van der Waals surface area contributed by atoms with Crippen molar-refractivity contribution in [3.05, 3.63) is 36.5 Å². The topological polar surface area (TPSA) is 51.2 Å². The zero-order chi connectivity index (χ0) is 14.5. The SMILES string of the molecule is O=C(NCC1CCCCC1)Oc1ccc2cccnc2c1. The van der Waals surface area contributed by atoms with Gasteiger partial charge in [-0.2, -0.15) is 0 Å². The molecule has 1 aromatic heterocycles. The third-order valence-corrected chi connectivity index (χ3v) is 4.05. The molecule has 3 rings (SSSR count). The number of nitrogens with zero attached hydrogens (tertiary/aromatic N) is 1. The molecule has 1 saturated carbocycles. The number of benzene rings is 1. The molecule has 0 bridgehead atoms. The second-order valence-electron chi connectivity index (χ2n) is 5.63. The molecule has 1 fully saturated rings. The van der Waals surface area contributed by atoms with E-state index in [1.807, 2.05) is 18.2 Å². The van der Waals surface area contributed by atoms with Crippen molar-refractivity contribution < 1.29 is 9.53 Å². The minimum atomic E-state index is -0.379. The Morgan fingerprint density at radius 1 is 1.24 bits per heavy atom. The van der Waals surface area contributed by atoms with E-state index in [4.69, 9.17) is 4.74 Å². The molecule has 4 nitrogen and oxygen atoms in total. The van der Waals surface area contributed by atoms with Gasteiger partial charge in [-0.05, 0) is 37.0 Å². The Labute approximate surface area is 124 Å². The number of ether oxygens (including phenoxy) is 1. The number of hydrogen-bond donors (Lipinski definition) is 1. The zero-order valence-corrected chi connectivity index (χ0v) is 12.0. The van der Waals surface area contributed by atoms with Crippen LogP contribution >= 0.6 is 0 Å². The molecule has 0 atom stereocenters. The highest BCUT2D eigenvalue weighted by molar-refractivity contribution is 5.81. The molecule has 2 aromatic rings. The van der Waals surface area contributed by atoms with Crippen LogP contribution in [0.1, 0.15) is 32.1 Å². The van der Waals surface area contributed by atoms with Crippen LogP contribution in [-0.4, -0.2) is 17.6 Å². The highest BCUT2D eigenvalue weighted by atomic mass is 16.6. The first-order valence-corrected chi connectivity index (χ1v) is 7.62. The predicted octanol–water partition coefficient (Wildman–Crippen LogP) is 3.90. The maximum Gasteiger partial charge on any atom is 0.412 e. The molecule has 0 saturated heterocycles. The number of carbonyl (C=O) groups excluding carboxylic acids is 1. The van der Waals surface area contributed by atoms with Gasteiger partial charge in [0.1, 0.15) is 5.75 Å². The maximum absolute atomic E-state index is 11.8. The first-order chi connectivity index (χ1) is 10.3. The summed E-state index contributed by atoms with van der Waals surface area (Å²) >= 11 is 0. The highest BCUT2D eigenvalue weighted by Crippen LogP contribution is 2.23. The van der Waals surface area contributed by atoms with Crippen LogP contribution < -0.4 is 10.1 Å². The van der Waals surface area contributed by atoms with E-state index in [0.717, 1.165) is 10.9 Å². The normalized spacial score (nSPS) is 15.8. The molecule has 1 aliphatic rings. The van der Waals surface area contributed by atoms with Crippen molar-refractivity contribution in [2.24, 2.45) is 5.92 Å². The lowest BCUT2D eigenvalue weighted by Crippen LogP contribution is -2.32. The molecule has 1 N–H and O–H groups in total. The maximum atomic E-state index is 11.8. The van der Waals surface area contributed by atoms with Crippen molar-refractivity contribution in [2.75, 3.05) is 6.54 Å². The number of hydrogen-bond acceptors (Lipinski definition) is 3. The van der Waals surface area contributed by atoms with E-state index in [1.54, 1.807) is 18.3 Å². The minimum Gasteiger partial charge on any atom is -0.410 e. The Morgan fingerprint density at radius 3 is 2.95 bits per heavy atom. The Hall–Kier alpha value is -2.10. The number of nitrogens with one attached hydrogen (secondary N) is 1. The first-order valence-electron chi connectivity index (χ1n) is 7.62. The number of rotatable bonds is 3. The third kappa shape index (κ3) is 3.72. The lowest BCUT2D eigenvalue weighted by Gasteiger charge is -2.21. The summed E-state index contributed by atoms with van der Waals surface area (Å²) in [5, 5.41) is 3.90. The Bertz CT molecular complexity index is 621. The lowest BCUT2D eigenvalue weighted by atomic mass is 9.89. The molecule has 1 aliphatic carbocycles. The molecule has 0 radical (unpaired) electrons. The van der Waals surface area contributed by atoms with Gasteiger partial charge in [0.25, 0.3) is 0 Å². The molecule has 1 aromatic carbocycles. The van der Waals surface area contributed by atoms with E-state index in [0.29, 0.717) is 18.2 Å². The fraction of sp³-hybridized carbons (Fsp3) is 0.412. The molecule has 0 spiro atoms. The quantitative estimate of drug-likeness (QED) is 0.929. The van der Waals surface area contributed by atoms with Gasteiger partial charge in [-0.25, -0.2) is 4.79 Å². The van der Waals surface area contributed by atoms with Crippen molar-refractivity contribution in [1.82, 2.24) is 10.3 Å². The molecule has 110 valence electrons. The first kappa shape index (κ1) is 13.9. The van der Waals surface area contributed by atoms with Gasteiger partial charge < -0.3 is 10.1 Å². The van der Waals surface area contributed by atoms with Crippen LogP contribution in [0.2, 0.25) is 0 Å². The van der Waals surface area contributed by atoms with Gasteiger partial charge in [-0.15, -0.1) is 0 Å². The number of carbonyl (C=O) groups is 1. The lowest BCUT2D eigenvalue weighted by molar-refractivity contribution is 0.196. The van der Waals surface area contributed by atoms with E-state index < -0.39 is 0 Å². The fourth-order valence-electron chi connectivity index (χ4n) is 2.87. The average Bonchev–Trinajstić information content (AvgIpc) is 2.54. The summed E-state index contributed by atoms with van der Waals surface area (Å²) in [6.45, 7) is 0.713. The second-order valence-corrected chi connectivity index (χ2v) is 5.63. The highest BCUT2D eigenvalue weighted by Gasteiger charge is 2.14. The van der Waals surface area contributed by atoms with Gasteiger partial charge >= 0.3 is 6.09 Å². The van der Waals surface area contributed by atoms with Crippen molar-refractivity contribution in [3.63, 3.8) is 0 Å². The van der Waals surface area contributed by atoms with Crippen LogP contribution in [0.3, 0.4) is 0 Å². The molecule has 0 unspecified atom stereocenters. The van der Waals surface area contributed by atoms with Crippen LogP contribution in [0.4, 0.5) is 4.79 Å². The summed E-state index contributed by atoms with van der Waals surface area (Å²) in [7, 11) is 0. The van der Waals surface area contributed by atoms with Crippen molar-refractivity contribution >= 4 is 17.0 Å². The van der Waals surface area contributed by atoms with Gasteiger partial charge in [0.2, 0.25) is 0 Å². The van der Waals surface area contributed by atoms with Crippen LogP contribution in [0.15, 0.2) is 36.5 Å². The number of amides is 1. The fourth-order valence-corrected chi connectivity index (χ4v) is 2.87. The van der Waals surface area contributed by atoms with Crippen molar-refractivity contribution in [3.8, 4) is 5.75 Å². The van der Waals surface area contributed by atoms with Gasteiger partial charge in [-0.3, -0.25) is 4.98 Å². The van der Waals surface area contributed by atoms with Crippen molar-refractivity contribution in [1.29, 1.82) is 0 Å². The van der Waals surface area contributed by atoms with E-state index in [9.17, 15) is 4.79 Å². The summed E-state index contributed by atoms with van der Waals surface area (Å²) < 4.78 is 5.32. The molecule has 0 aliphatic heterocycles. The monoisotopic (exact) mass is 284 g/mol. The van der Waals surface area contributed by atoms with Gasteiger partial charge in [0, 0.05) is 24.2 Å². The number of fused-ring (bicyclic) bond motifs is 1. The molecular weight excluding hydrogens is 264 g/mol. The van der Waals surface area contributed by atoms with E-state index in [-0.39, 0.29) is 6.09 Å². The molecule has 1 heterocycles. The molecule has 1 amide bonds. The van der Waals surface area contributed by atoms with Crippen LogP contribution in [0.25, 0.3) is 10.9 Å². The standard InChI is InChI=1S/C17H20N2O2/c20-17(19-12-13-5-2-1-3-6-13)21-15-9-8-14-7-4-10-18-16(14)11-15/h4,7-11,13H,1-3,5-6,12H2,(H,19,20). The zero-order valence-electron chi connectivity index (χ0n) is 12.0. The van der Waals surface area contributed by atoms with E-state index >= 15 is 0 Å². The largest absolute Gasteiger partial charge is 0.412 e. The van der Waals surface area contributed by atoms with Gasteiger partial charge in [0.15, 0.2) is 0 Å². The van der Waals surface area contributed by atoms with Gasteiger partial charge in [0.05, 0.1) is 5.52 Å². The summed E-state index contributed by atoms with van der Waals surface area (Å²) in [6, 6.07) is 9.36. The van der Waals surface area contributed by atoms with E-state index in [2.05, 4.69) is 10.3 Å². The molecule has 21 heavy (non-hydrogen) atoms. The van der Waals surface area contributed by atoms with E-state index in [1.165, 1.54) is 32.1 Å². The predicted molar refractivity (Wildman–Crippen MR) is 82.3 cm³/mol. The number of aromatic nitrogens is 1. The van der Waals surface area contributed by atoms with Crippen LogP contribution in [0, 0.1) is 5.92 Å². The Morgan fingerprint density at radius 2 is 2.10 bits per heavy atom.